The van der Waals surface area contributed by atoms with Gasteiger partial charge in [-0.2, -0.15) is 0 Å². The van der Waals surface area contributed by atoms with Gasteiger partial charge in [-0.3, -0.25) is 34.2 Å². The fourth-order valence-electron chi connectivity index (χ4n) is 3.42. The zero-order chi connectivity index (χ0) is 19.0. The molecule has 0 saturated carbocycles. The van der Waals surface area contributed by atoms with Gasteiger partial charge in [0, 0.05) is 18.7 Å². The molecule has 1 fully saturated rings. The third-order valence-corrected chi connectivity index (χ3v) is 4.63. The van der Waals surface area contributed by atoms with Crippen molar-refractivity contribution in [2.24, 2.45) is 0 Å². The van der Waals surface area contributed by atoms with Crippen LogP contribution in [-0.2, 0) is 6.54 Å². The molecule has 1 aromatic carbocycles. The fourth-order valence-corrected chi connectivity index (χ4v) is 3.42. The number of aromatic nitrogens is 2. The molecule has 1 N–H and O–H groups in total. The number of piperidine rings is 1. The van der Waals surface area contributed by atoms with Crippen LogP contribution in [0.3, 0.4) is 0 Å². The number of non-ortho nitro benzene ring substituents is 2. The molecule has 1 aliphatic rings. The molecule has 11 nitrogen and oxygen atoms in total. The highest BCUT2D eigenvalue weighted by Gasteiger charge is 2.28. The van der Waals surface area contributed by atoms with Crippen LogP contribution in [-0.4, -0.2) is 32.1 Å². The van der Waals surface area contributed by atoms with Gasteiger partial charge in [-0.15, -0.1) is 0 Å². The van der Waals surface area contributed by atoms with Crippen LogP contribution in [0.2, 0.25) is 0 Å². The van der Waals surface area contributed by atoms with E-state index in [4.69, 9.17) is 0 Å². The lowest BCUT2D eigenvalue weighted by molar-refractivity contribution is -0.393. The highest BCUT2D eigenvalue weighted by Crippen LogP contribution is 2.29. The molecule has 0 unspecified atom stereocenters. The number of nitrogens with one attached hydrogen (secondary N) is 1. The Hall–Kier alpha value is -3.08. The predicted octanol–water partition coefficient (Wildman–Crippen LogP) is 0.924. The minimum atomic E-state index is -0.810. The minimum Gasteiger partial charge on any atom is -0.317 e. The average molecular weight is 363 g/mol. The molecule has 0 spiro atoms. The van der Waals surface area contributed by atoms with Crippen molar-refractivity contribution >= 4 is 22.3 Å². The number of hydrogen-bond acceptors (Lipinski definition) is 7. The fraction of sp³-hybridized carbons (Fsp3) is 0.467. The maximum absolute atomic E-state index is 13.0. The van der Waals surface area contributed by atoms with Crippen LogP contribution in [0, 0.1) is 20.2 Å². The van der Waals surface area contributed by atoms with Crippen molar-refractivity contribution in [1.29, 1.82) is 0 Å². The van der Waals surface area contributed by atoms with Gasteiger partial charge in [-0.1, -0.05) is 0 Å². The second kappa shape index (κ2) is 6.67. The summed E-state index contributed by atoms with van der Waals surface area (Å²) in [6.07, 6.45) is 1.11. The molecule has 1 aromatic heterocycles. The highest BCUT2D eigenvalue weighted by atomic mass is 16.6. The quantitative estimate of drug-likeness (QED) is 0.628. The molecule has 0 bridgehead atoms. The van der Waals surface area contributed by atoms with Crippen LogP contribution in [0.1, 0.15) is 25.8 Å². The van der Waals surface area contributed by atoms with Crippen molar-refractivity contribution in [1.82, 2.24) is 14.5 Å². The lowest BCUT2D eigenvalue weighted by Gasteiger charge is -2.25. The first-order chi connectivity index (χ1) is 12.4. The maximum atomic E-state index is 13.0. The van der Waals surface area contributed by atoms with E-state index >= 15 is 0 Å². The third-order valence-electron chi connectivity index (χ3n) is 4.63. The Labute approximate surface area is 146 Å². The van der Waals surface area contributed by atoms with Crippen LogP contribution in [0.25, 0.3) is 10.9 Å². The molecule has 0 amide bonds. The summed E-state index contributed by atoms with van der Waals surface area (Å²) in [5.74, 6) is 0. The summed E-state index contributed by atoms with van der Waals surface area (Å²) in [5, 5.41) is 25.5. The lowest BCUT2D eigenvalue weighted by atomic mass is 10.1. The number of fused-ring (bicyclic) bond motifs is 1. The van der Waals surface area contributed by atoms with E-state index in [9.17, 15) is 29.8 Å². The predicted molar refractivity (Wildman–Crippen MR) is 92.6 cm³/mol. The van der Waals surface area contributed by atoms with Crippen LogP contribution in [0.4, 0.5) is 11.4 Å². The van der Waals surface area contributed by atoms with E-state index in [-0.39, 0.29) is 23.5 Å². The molecule has 2 heterocycles. The Kier molecular flexibility index (Phi) is 4.55. The maximum Gasteiger partial charge on any atom is 0.331 e. The summed E-state index contributed by atoms with van der Waals surface area (Å²) in [6.45, 7) is 2.99. The first kappa shape index (κ1) is 17.7. The van der Waals surface area contributed by atoms with Gasteiger partial charge >= 0.3 is 11.4 Å². The van der Waals surface area contributed by atoms with Gasteiger partial charge in [-0.25, -0.2) is 4.79 Å². The third kappa shape index (κ3) is 2.75. The van der Waals surface area contributed by atoms with Crippen molar-refractivity contribution < 1.29 is 9.85 Å². The lowest BCUT2D eigenvalue weighted by Crippen LogP contribution is -2.45. The molecular weight excluding hydrogens is 346 g/mol. The number of aryl methyl sites for hydroxylation is 1. The molecule has 0 aliphatic carbocycles. The SMILES string of the molecule is CCn1c(=O)n(C2CCNCC2)c(=O)c2cc([N+](=O)[O-])cc([N+](=O)[O-])c21. The molecule has 11 heteroatoms. The molecule has 138 valence electrons. The average Bonchev–Trinajstić information content (AvgIpc) is 2.62. The van der Waals surface area contributed by atoms with E-state index in [1.165, 1.54) is 0 Å². The van der Waals surface area contributed by atoms with Gasteiger partial charge < -0.3 is 5.32 Å². The normalized spacial score (nSPS) is 15.3. The molecule has 3 rings (SSSR count). The summed E-state index contributed by atoms with van der Waals surface area (Å²) in [6, 6.07) is 1.44. The second-order valence-corrected chi connectivity index (χ2v) is 6.06. The van der Waals surface area contributed by atoms with E-state index in [0.29, 0.717) is 25.9 Å². The molecular formula is C15H17N5O6. The Balaban J connectivity index is 2.46. The van der Waals surface area contributed by atoms with Crippen molar-refractivity contribution in [2.45, 2.75) is 32.4 Å². The number of rotatable bonds is 4. The number of nitrogens with zero attached hydrogens (tertiary/aromatic N) is 4. The van der Waals surface area contributed by atoms with E-state index < -0.39 is 32.5 Å². The van der Waals surface area contributed by atoms with Crippen LogP contribution >= 0.6 is 0 Å². The largest absolute Gasteiger partial charge is 0.331 e. The first-order valence-electron chi connectivity index (χ1n) is 8.19. The zero-order valence-corrected chi connectivity index (χ0v) is 14.0. The molecule has 0 atom stereocenters. The summed E-state index contributed by atoms with van der Waals surface area (Å²) in [5.41, 5.74) is -2.72. The van der Waals surface area contributed by atoms with Gasteiger partial charge in [0.05, 0.1) is 21.3 Å². The minimum absolute atomic E-state index is 0.0965. The number of hydrogen-bond donors (Lipinski definition) is 1. The summed E-state index contributed by atoms with van der Waals surface area (Å²) < 4.78 is 2.22. The number of benzene rings is 1. The molecule has 2 aromatic rings. The zero-order valence-electron chi connectivity index (χ0n) is 14.0. The van der Waals surface area contributed by atoms with Crippen molar-refractivity contribution in [2.75, 3.05) is 13.1 Å². The molecule has 26 heavy (non-hydrogen) atoms. The monoisotopic (exact) mass is 363 g/mol. The number of nitro benzene ring substituents is 2. The smallest absolute Gasteiger partial charge is 0.317 e. The molecule has 0 radical (unpaired) electrons. The Morgan fingerprint density at radius 2 is 1.81 bits per heavy atom. The van der Waals surface area contributed by atoms with Crippen LogP contribution in [0.15, 0.2) is 21.7 Å². The number of nitro groups is 2. The topological polar surface area (TPSA) is 142 Å². The van der Waals surface area contributed by atoms with E-state index in [0.717, 1.165) is 21.3 Å². The van der Waals surface area contributed by atoms with Crippen molar-refractivity contribution in [3.8, 4) is 0 Å². The van der Waals surface area contributed by atoms with Gasteiger partial charge in [0.25, 0.3) is 11.2 Å². The Morgan fingerprint density at radius 3 is 2.35 bits per heavy atom. The standard InChI is InChI=1S/C15H17N5O6/c1-2-17-13-11(7-10(19(23)24)8-12(13)20(25)26)14(21)18(15(17)22)9-3-5-16-6-4-9/h7-9,16H,2-6H2,1H3. The van der Waals surface area contributed by atoms with E-state index in [2.05, 4.69) is 5.32 Å². The van der Waals surface area contributed by atoms with Gasteiger partial charge in [0.1, 0.15) is 5.52 Å². The molecule has 1 aliphatic heterocycles. The van der Waals surface area contributed by atoms with Gasteiger partial charge in [-0.05, 0) is 32.9 Å². The first-order valence-corrected chi connectivity index (χ1v) is 8.19. The van der Waals surface area contributed by atoms with E-state index in [1.54, 1.807) is 6.92 Å². The second-order valence-electron chi connectivity index (χ2n) is 6.06. The Bertz CT molecular complexity index is 1020. The van der Waals surface area contributed by atoms with Gasteiger partial charge in [0.2, 0.25) is 0 Å². The van der Waals surface area contributed by atoms with Crippen molar-refractivity contribution in [3.05, 3.63) is 53.2 Å². The van der Waals surface area contributed by atoms with Gasteiger partial charge in [0.15, 0.2) is 0 Å². The van der Waals surface area contributed by atoms with E-state index in [1.807, 2.05) is 0 Å². The van der Waals surface area contributed by atoms with Crippen molar-refractivity contribution in [3.63, 3.8) is 0 Å². The van der Waals surface area contributed by atoms with Crippen LogP contribution < -0.4 is 16.6 Å². The molecule has 1 saturated heterocycles. The summed E-state index contributed by atoms with van der Waals surface area (Å²) in [7, 11) is 0. The Morgan fingerprint density at radius 1 is 1.15 bits per heavy atom. The summed E-state index contributed by atoms with van der Waals surface area (Å²) in [4.78, 5) is 46.8. The van der Waals surface area contributed by atoms with Crippen LogP contribution in [0.5, 0.6) is 0 Å². The summed E-state index contributed by atoms with van der Waals surface area (Å²) >= 11 is 0. The highest BCUT2D eigenvalue weighted by molar-refractivity contribution is 5.89.